The van der Waals surface area contributed by atoms with Gasteiger partial charge in [-0.1, -0.05) is 13.8 Å². The average Bonchev–Trinajstić information content (AvgIpc) is 1.85. The van der Waals surface area contributed by atoms with Gasteiger partial charge in [0.15, 0.2) is 0 Å². The molecule has 0 fully saturated rings. The summed E-state index contributed by atoms with van der Waals surface area (Å²) in [6.07, 6.45) is -0.00995. The maximum absolute atomic E-state index is 9.00. The maximum Gasteiger partial charge on any atom is 0.0921 e. The number of aliphatic hydroxyl groups is 2. The van der Waals surface area contributed by atoms with Gasteiger partial charge in [0.1, 0.15) is 0 Å². The van der Waals surface area contributed by atoms with Gasteiger partial charge in [0.2, 0.25) is 0 Å². The van der Waals surface area contributed by atoms with Crippen molar-refractivity contribution in [2.24, 2.45) is 11.7 Å². The summed E-state index contributed by atoms with van der Waals surface area (Å²) < 4.78 is 0. The zero-order chi connectivity index (χ0) is 8.15. The van der Waals surface area contributed by atoms with E-state index in [1.807, 2.05) is 13.8 Å². The standard InChI is InChI=1S/C7H17NO2/c1-5(2)3-6(8)7(10)4-9/h5-7,9-10H,3-4,8H2,1-2H3. The van der Waals surface area contributed by atoms with Gasteiger partial charge < -0.3 is 15.9 Å². The average molecular weight is 147 g/mol. The summed E-state index contributed by atoms with van der Waals surface area (Å²) in [4.78, 5) is 0. The Balaban J connectivity index is 3.50. The molecule has 0 aromatic carbocycles. The molecule has 0 bridgehead atoms. The molecule has 0 saturated heterocycles. The first-order valence-corrected chi connectivity index (χ1v) is 3.62. The third-order valence-corrected chi connectivity index (χ3v) is 1.42. The Bertz CT molecular complexity index is 85.7. The molecule has 0 heterocycles. The molecule has 0 spiro atoms. The van der Waals surface area contributed by atoms with E-state index in [0.29, 0.717) is 5.92 Å². The van der Waals surface area contributed by atoms with Crippen molar-refractivity contribution >= 4 is 0 Å². The molecule has 0 aliphatic rings. The summed E-state index contributed by atoms with van der Waals surface area (Å²) in [5.74, 6) is 0.469. The van der Waals surface area contributed by atoms with Crippen LogP contribution in [-0.2, 0) is 0 Å². The molecule has 0 aliphatic heterocycles. The molecule has 0 amide bonds. The molecule has 0 radical (unpaired) electrons. The molecule has 62 valence electrons. The van der Waals surface area contributed by atoms with Crippen molar-refractivity contribution in [3.63, 3.8) is 0 Å². The quantitative estimate of drug-likeness (QED) is 0.512. The highest BCUT2D eigenvalue weighted by atomic mass is 16.3. The van der Waals surface area contributed by atoms with E-state index in [1.165, 1.54) is 0 Å². The van der Waals surface area contributed by atoms with E-state index in [0.717, 1.165) is 6.42 Å². The van der Waals surface area contributed by atoms with Gasteiger partial charge in [-0.3, -0.25) is 0 Å². The number of hydrogen-bond acceptors (Lipinski definition) is 3. The minimum Gasteiger partial charge on any atom is -0.394 e. The van der Waals surface area contributed by atoms with E-state index in [1.54, 1.807) is 0 Å². The van der Waals surface area contributed by atoms with E-state index < -0.39 is 6.10 Å². The first-order chi connectivity index (χ1) is 4.57. The van der Waals surface area contributed by atoms with Crippen LogP contribution in [0, 0.1) is 5.92 Å². The molecule has 0 aliphatic carbocycles. The molecule has 3 heteroatoms. The van der Waals surface area contributed by atoms with Crippen molar-refractivity contribution in [3.05, 3.63) is 0 Å². The van der Waals surface area contributed by atoms with Crippen molar-refractivity contribution in [1.29, 1.82) is 0 Å². The first kappa shape index (κ1) is 9.88. The van der Waals surface area contributed by atoms with Crippen LogP contribution in [0.3, 0.4) is 0 Å². The fraction of sp³-hybridized carbons (Fsp3) is 1.00. The van der Waals surface area contributed by atoms with E-state index in [2.05, 4.69) is 0 Å². The van der Waals surface area contributed by atoms with Crippen molar-refractivity contribution in [3.8, 4) is 0 Å². The molecule has 3 nitrogen and oxygen atoms in total. The minimum atomic E-state index is -0.762. The summed E-state index contributed by atoms with van der Waals surface area (Å²) >= 11 is 0. The number of rotatable bonds is 4. The Kier molecular flexibility index (Phi) is 4.60. The van der Waals surface area contributed by atoms with Crippen LogP contribution >= 0.6 is 0 Å². The topological polar surface area (TPSA) is 66.5 Å². The van der Waals surface area contributed by atoms with Crippen molar-refractivity contribution in [2.45, 2.75) is 32.4 Å². The van der Waals surface area contributed by atoms with E-state index >= 15 is 0 Å². The molecule has 0 saturated carbocycles. The van der Waals surface area contributed by atoms with Gasteiger partial charge in [-0.15, -0.1) is 0 Å². The Labute approximate surface area is 61.9 Å². The second-order valence-electron chi connectivity index (χ2n) is 3.04. The second kappa shape index (κ2) is 4.66. The highest BCUT2D eigenvalue weighted by molar-refractivity contribution is 4.71. The third kappa shape index (κ3) is 3.82. The van der Waals surface area contributed by atoms with Gasteiger partial charge in [-0.05, 0) is 12.3 Å². The summed E-state index contributed by atoms with van der Waals surface area (Å²) in [5.41, 5.74) is 5.52. The maximum atomic E-state index is 9.00. The lowest BCUT2D eigenvalue weighted by Gasteiger charge is -2.17. The van der Waals surface area contributed by atoms with E-state index in [4.69, 9.17) is 15.9 Å². The minimum absolute atomic E-state index is 0.242. The molecule has 2 atom stereocenters. The smallest absolute Gasteiger partial charge is 0.0921 e. The van der Waals surface area contributed by atoms with Crippen molar-refractivity contribution in [1.82, 2.24) is 0 Å². The highest BCUT2D eigenvalue weighted by Gasteiger charge is 2.14. The van der Waals surface area contributed by atoms with Gasteiger partial charge >= 0.3 is 0 Å². The summed E-state index contributed by atoms with van der Waals surface area (Å²) in [7, 11) is 0. The third-order valence-electron chi connectivity index (χ3n) is 1.42. The molecular formula is C7H17NO2. The van der Waals surface area contributed by atoms with Crippen LogP contribution in [0.1, 0.15) is 20.3 Å². The normalized spacial score (nSPS) is 17.4. The van der Waals surface area contributed by atoms with E-state index in [-0.39, 0.29) is 12.6 Å². The van der Waals surface area contributed by atoms with Crippen LogP contribution in [0.5, 0.6) is 0 Å². The van der Waals surface area contributed by atoms with Crippen molar-refractivity contribution < 1.29 is 10.2 Å². The lowest BCUT2D eigenvalue weighted by molar-refractivity contribution is 0.0683. The number of hydrogen-bond donors (Lipinski definition) is 3. The Morgan fingerprint density at radius 3 is 2.20 bits per heavy atom. The number of aliphatic hydroxyl groups excluding tert-OH is 2. The number of nitrogens with two attached hydrogens (primary N) is 1. The lowest BCUT2D eigenvalue weighted by atomic mass is 10.0. The molecule has 10 heavy (non-hydrogen) atoms. The monoisotopic (exact) mass is 147 g/mol. The highest BCUT2D eigenvalue weighted by Crippen LogP contribution is 2.05. The zero-order valence-corrected chi connectivity index (χ0v) is 6.62. The van der Waals surface area contributed by atoms with Crippen LogP contribution in [0.25, 0.3) is 0 Å². The Hall–Kier alpha value is -0.120. The van der Waals surface area contributed by atoms with Gasteiger partial charge in [-0.25, -0.2) is 0 Å². The van der Waals surface area contributed by atoms with Gasteiger partial charge in [0.05, 0.1) is 12.7 Å². The SMILES string of the molecule is CC(C)CC(N)C(O)CO. The zero-order valence-electron chi connectivity index (χ0n) is 6.62. The summed E-state index contributed by atoms with van der Waals surface area (Å²) in [6.45, 7) is 3.82. The first-order valence-electron chi connectivity index (χ1n) is 3.62. The van der Waals surface area contributed by atoms with Gasteiger partial charge in [-0.2, -0.15) is 0 Å². The molecule has 2 unspecified atom stereocenters. The molecular weight excluding hydrogens is 130 g/mol. The summed E-state index contributed by atoms with van der Waals surface area (Å²) in [6, 6.07) is -0.287. The Morgan fingerprint density at radius 1 is 1.40 bits per heavy atom. The van der Waals surface area contributed by atoms with Crippen LogP contribution in [-0.4, -0.2) is 29.0 Å². The van der Waals surface area contributed by atoms with Crippen LogP contribution in [0.4, 0.5) is 0 Å². The van der Waals surface area contributed by atoms with E-state index in [9.17, 15) is 0 Å². The predicted octanol–water partition coefficient (Wildman–Crippen LogP) is -0.287. The second-order valence-corrected chi connectivity index (χ2v) is 3.04. The van der Waals surface area contributed by atoms with Crippen LogP contribution < -0.4 is 5.73 Å². The lowest BCUT2D eigenvalue weighted by Crippen LogP contribution is -2.38. The molecule has 4 N–H and O–H groups in total. The Morgan fingerprint density at radius 2 is 1.90 bits per heavy atom. The van der Waals surface area contributed by atoms with Gasteiger partial charge in [0.25, 0.3) is 0 Å². The fourth-order valence-corrected chi connectivity index (χ4v) is 0.837. The van der Waals surface area contributed by atoms with Crippen LogP contribution in [0.15, 0.2) is 0 Å². The van der Waals surface area contributed by atoms with Crippen molar-refractivity contribution in [2.75, 3.05) is 6.61 Å². The summed E-state index contributed by atoms with van der Waals surface area (Å²) in [5, 5.41) is 17.5. The molecule has 0 aromatic heterocycles. The van der Waals surface area contributed by atoms with Gasteiger partial charge in [0, 0.05) is 6.04 Å². The largest absolute Gasteiger partial charge is 0.394 e. The van der Waals surface area contributed by atoms with Crippen LogP contribution in [0.2, 0.25) is 0 Å². The molecule has 0 rings (SSSR count). The molecule has 0 aromatic rings. The predicted molar refractivity (Wildman–Crippen MR) is 40.5 cm³/mol. The fourth-order valence-electron chi connectivity index (χ4n) is 0.837.